The van der Waals surface area contributed by atoms with Crippen LogP contribution >= 0.6 is 0 Å². The van der Waals surface area contributed by atoms with Crippen molar-refractivity contribution in [3.63, 3.8) is 0 Å². The van der Waals surface area contributed by atoms with Gasteiger partial charge in [0, 0.05) is 30.4 Å². The molecule has 0 atom stereocenters. The molecule has 2 N–H and O–H groups in total. The lowest BCUT2D eigenvalue weighted by atomic mass is 10.1. The van der Waals surface area contributed by atoms with Gasteiger partial charge in [-0.2, -0.15) is 0 Å². The third kappa shape index (κ3) is 3.45. The van der Waals surface area contributed by atoms with Crippen molar-refractivity contribution in [2.45, 2.75) is 6.92 Å². The Morgan fingerprint density at radius 2 is 1.96 bits per heavy atom. The van der Waals surface area contributed by atoms with Crippen LogP contribution in [0.15, 0.2) is 47.1 Å². The second-order valence-electron chi connectivity index (χ2n) is 5.63. The van der Waals surface area contributed by atoms with Crippen LogP contribution < -0.4 is 10.6 Å². The zero-order valence-corrected chi connectivity index (χ0v) is 13.8. The molecule has 0 aliphatic carbocycles. The number of aromatic nitrogens is 1. The minimum absolute atomic E-state index is 0.0857. The number of anilines is 1. The molecule has 1 aromatic carbocycles. The molecule has 128 valence electrons. The molecular formula is C18H17N3O4. The van der Waals surface area contributed by atoms with E-state index in [9.17, 15) is 14.4 Å². The highest BCUT2D eigenvalue weighted by atomic mass is 16.3. The Balaban J connectivity index is 1.61. The highest BCUT2D eigenvalue weighted by Gasteiger charge is 2.15. The molecule has 7 nitrogen and oxygen atoms in total. The summed E-state index contributed by atoms with van der Waals surface area (Å²) in [5, 5.41) is 5.22. The van der Waals surface area contributed by atoms with E-state index in [1.54, 1.807) is 54.3 Å². The number of Topliss-reactive ketones (excluding diaryl/α,β-unsaturated/α-hetero) is 1. The summed E-state index contributed by atoms with van der Waals surface area (Å²) in [5.74, 6) is -0.842. The average Bonchev–Trinajstić information content (AvgIpc) is 3.16. The summed E-state index contributed by atoms with van der Waals surface area (Å²) in [6.45, 7) is 1.27. The van der Waals surface area contributed by atoms with E-state index in [0.29, 0.717) is 22.5 Å². The number of ketones is 1. The SMILES string of the molecule is CC(=O)c1cccc(NC(=O)CNC(=O)c2cc3occc3n2C)c1. The summed E-state index contributed by atoms with van der Waals surface area (Å²) in [7, 11) is 1.75. The summed E-state index contributed by atoms with van der Waals surface area (Å²) in [6.07, 6.45) is 1.55. The fourth-order valence-electron chi connectivity index (χ4n) is 2.54. The molecule has 0 fully saturated rings. The van der Waals surface area contributed by atoms with Crippen molar-refractivity contribution in [1.82, 2.24) is 9.88 Å². The number of fused-ring (bicyclic) bond motifs is 1. The molecule has 0 bridgehead atoms. The Morgan fingerprint density at radius 3 is 2.68 bits per heavy atom. The number of carbonyl (C=O) groups is 3. The number of hydrogen-bond acceptors (Lipinski definition) is 4. The second-order valence-corrected chi connectivity index (χ2v) is 5.63. The fourth-order valence-corrected chi connectivity index (χ4v) is 2.54. The Kier molecular flexibility index (Phi) is 4.38. The van der Waals surface area contributed by atoms with Crippen LogP contribution in [0.5, 0.6) is 0 Å². The Morgan fingerprint density at radius 1 is 1.16 bits per heavy atom. The van der Waals surface area contributed by atoms with E-state index in [1.165, 1.54) is 6.92 Å². The van der Waals surface area contributed by atoms with Crippen molar-refractivity contribution >= 4 is 34.4 Å². The van der Waals surface area contributed by atoms with Crippen LogP contribution in [0.25, 0.3) is 11.1 Å². The number of hydrogen-bond donors (Lipinski definition) is 2. The molecule has 7 heteroatoms. The number of furan rings is 1. The molecule has 0 saturated carbocycles. The third-order valence-corrected chi connectivity index (χ3v) is 3.86. The summed E-state index contributed by atoms with van der Waals surface area (Å²) in [6, 6.07) is 10.0. The van der Waals surface area contributed by atoms with Crippen molar-refractivity contribution in [3.8, 4) is 0 Å². The lowest BCUT2D eigenvalue weighted by Crippen LogP contribution is -2.33. The molecule has 0 saturated heterocycles. The summed E-state index contributed by atoms with van der Waals surface area (Å²) < 4.78 is 6.95. The van der Waals surface area contributed by atoms with Gasteiger partial charge in [-0.05, 0) is 19.1 Å². The molecule has 25 heavy (non-hydrogen) atoms. The minimum Gasteiger partial charge on any atom is -0.463 e. The van der Waals surface area contributed by atoms with Crippen LogP contribution in [-0.2, 0) is 11.8 Å². The zero-order valence-electron chi connectivity index (χ0n) is 13.8. The van der Waals surface area contributed by atoms with Gasteiger partial charge in [0.1, 0.15) is 5.69 Å². The van der Waals surface area contributed by atoms with Gasteiger partial charge in [0.25, 0.3) is 5.91 Å². The summed E-state index contributed by atoms with van der Waals surface area (Å²) in [5.41, 5.74) is 2.83. The van der Waals surface area contributed by atoms with E-state index in [0.717, 1.165) is 5.52 Å². The van der Waals surface area contributed by atoms with Crippen molar-refractivity contribution in [3.05, 3.63) is 53.9 Å². The predicted molar refractivity (Wildman–Crippen MR) is 92.6 cm³/mol. The van der Waals surface area contributed by atoms with Crippen molar-refractivity contribution in [1.29, 1.82) is 0 Å². The smallest absolute Gasteiger partial charge is 0.268 e. The number of amides is 2. The quantitative estimate of drug-likeness (QED) is 0.698. The van der Waals surface area contributed by atoms with E-state index >= 15 is 0 Å². The molecule has 2 aromatic heterocycles. The maximum atomic E-state index is 12.2. The van der Waals surface area contributed by atoms with E-state index in [1.807, 2.05) is 0 Å². The van der Waals surface area contributed by atoms with E-state index in [2.05, 4.69) is 10.6 Å². The first-order chi connectivity index (χ1) is 12.0. The maximum absolute atomic E-state index is 12.2. The monoisotopic (exact) mass is 339 g/mol. The van der Waals surface area contributed by atoms with E-state index < -0.39 is 0 Å². The minimum atomic E-state index is -0.382. The number of rotatable bonds is 5. The molecule has 2 heterocycles. The number of carbonyl (C=O) groups excluding carboxylic acids is 3. The fraction of sp³-hybridized carbons (Fsp3) is 0.167. The van der Waals surface area contributed by atoms with Gasteiger partial charge in [-0.3, -0.25) is 14.4 Å². The molecule has 0 unspecified atom stereocenters. The van der Waals surface area contributed by atoms with Crippen molar-refractivity contribution < 1.29 is 18.8 Å². The average molecular weight is 339 g/mol. The van der Waals surface area contributed by atoms with Gasteiger partial charge >= 0.3 is 0 Å². The molecule has 0 aliphatic rings. The van der Waals surface area contributed by atoms with Gasteiger partial charge < -0.3 is 19.6 Å². The summed E-state index contributed by atoms with van der Waals surface area (Å²) in [4.78, 5) is 35.6. The Hall–Kier alpha value is -3.35. The van der Waals surface area contributed by atoms with Crippen LogP contribution in [0.1, 0.15) is 27.8 Å². The number of nitrogens with one attached hydrogen (secondary N) is 2. The standard InChI is InChI=1S/C18H17N3O4/c1-11(22)12-4-3-5-13(8-12)20-17(23)10-19-18(24)15-9-16-14(21(15)2)6-7-25-16/h3-9H,10H2,1-2H3,(H,19,24)(H,20,23). The lowest BCUT2D eigenvalue weighted by Gasteiger charge is -2.08. The van der Waals surface area contributed by atoms with Gasteiger partial charge in [-0.15, -0.1) is 0 Å². The van der Waals surface area contributed by atoms with Gasteiger partial charge in [0.15, 0.2) is 11.4 Å². The topological polar surface area (TPSA) is 93.3 Å². The molecule has 3 rings (SSSR count). The number of aryl methyl sites for hydroxylation is 1. The molecule has 0 aliphatic heterocycles. The zero-order chi connectivity index (χ0) is 18.0. The van der Waals surface area contributed by atoms with E-state index in [4.69, 9.17) is 4.42 Å². The maximum Gasteiger partial charge on any atom is 0.268 e. The van der Waals surface area contributed by atoms with Crippen LogP contribution in [0, 0.1) is 0 Å². The highest BCUT2D eigenvalue weighted by Crippen LogP contribution is 2.19. The first-order valence-corrected chi connectivity index (χ1v) is 7.67. The van der Waals surface area contributed by atoms with Gasteiger partial charge in [-0.1, -0.05) is 12.1 Å². The lowest BCUT2D eigenvalue weighted by molar-refractivity contribution is -0.115. The highest BCUT2D eigenvalue weighted by molar-refractivity contribution is 6.01. The van der Waals surface area contributed by atoms with Crippen LogP contribution in [-0.4, -0.2) is 28.7 Å². The van der Waals surface area contributed by atoms with Crippen molar-refractivity contribution in [2.24, 2.45) is 7.05 Å². The molecule has 3 aromatic rings. The normalized spacial score (nSPS) is 10.6. The van der Waals surface area contributed by atoms with Crippen LogP contribution in [0.4, 0.5) is 5.69 Å². The first-order valence-electron chi connectivity index (χ1n) is 7.67. The second kappa shape index (κ2) is 6.64. The third-order valence-electron chi connectivity index (χ3n) is 3.86. The molecule has 0 spiro atoms. The first kappa shape index (κ1) is 16.5. The molecule has 0 radical (unpaired) electrons. The molecular weight excluding hydrogens is 322 g/mol. The van der Waals surface area contributed by atoms with Gasteiger partial charge in [0.2, 0.25) is 5.91 Å². The number of benzene rings is 1. The van der Waals surface area contributed by atoms with Crippen LogP contribution in [0.3, 0.4) is 0 Å². The van der Waals surface area contributed by atoms with E-state index in [-0.39, 0.29) is 24.1 Å². The largest absolute Gasteiger partial charge is 0.463 e. The van der Waals surface area contributed by atoms with Crippen LogP contribution in [0.2, 0.25) is 0 Å². The van der Waals surface area contributed by atoms with Gasteiger partial charge in [-0.25, -0.2) is 0 Å². The summed E-state index contributed by atoms with van der Waals surface area (Å²) >= 11 is 0. The molecule has 2 amide bonds. The Labute approximate surface area is 143 Å². The predicted octanol–water partition coefficient (Wildman–Crippen LogP) is 2.34. The number of nitrogens with zero attached hydrogens (tertiary/aromatic N) is 1. The Bertz CT molecular complexity index is 968. The van der Waals surface area contributed by atoms with Gasteiger partial charge in [0.05, 0.1) is 18.3 Å². The van der Waals surface area contributed by atoms with Crippen molar-refractivity contribution in [2.75, 3.05) is 11.9 Å².